The van der Waals surface area contributed by atoms with Crippen LogP contribution in [0.25, 0.3) is 0 Å². The lowest BCUT2D eigenvalue weighted by atomic mass is 9.76. The van der Waals surface area contributed by atoms with Crippen molar-refractivity contribution in [3.63, 3.8) is 0 Å². The molecule has 0 fully saturated rings. The summed E-state index contributed by atoms with van der Waals surface area (Å²) in [5, 5.41) is 2.17. The molecule has 0 amide bonds. The molecule has 0 radical (unpaired) electrons. The van der Waals surface area contributed by atoms with E-state index < -0.39 is 5.54 Å². The van der Waals surface area contributed by atoms with Gasteiger partial charge in [0.2, 0.25) is 0 Å². The molecule has 1 aliphatic rings. The highest BCUT2D eigenvalue weighted by Gasteiger charge is 2.47. The van der Waals surface area contributed by atoms with E-state index in [1.807, 2.05) is 30.3 Å². The average molecular weight is 484 g/mol. The minimum atomic E-state index is -0.684. The third-order valence-corrected chi connectivity index (χ3v) is 6.72. The first-order valence-electron chi connectivity index (χ1n) is 10.4. The normalized spacial score (nSPS) is 15.4. The fourth-order valence-corrected chi connectivity index (χ4v) is 5.16. The van der Waals surface area contributed by atoms with Crippen LogP contribution in [-0.4, -0.2) is 6.29 Å². The predicted molar refractivity (Wildman–Crippen MR) is 133 cm³/mol. The second-order valence-corrected chi connectivity index (χ2v) is 8.71. The number of nitrogens with zero attached hydrogens (tertiary/aromatic N) is 1. The van der Waals surface area contributed by atoms with Crippen molar-refractivity contribution in [1.29, 1.82) is 0 Å². The van der Waals surface area contributed by atoms with Gasteiger partial charge in [0.1, 0.15) is 10.5 Å². The number of carbonyl (C=O) groups excluding carboxylic acids is 1. The van der Waals surface area contributed by atoms with E-state index in [-0.39, 0.29) is 4.95 Å². The molecular weight excluding hydrogens is 462 g/mol. The number of halogens is 1. The van der Waals surface area contributed by atoms with Gasteiger partial charge in [-0.25, -0.2) is 5.43 Å². The minimum Gasteiger partial charge on any atom is -0.398 e. The van der Waals surface area contributed by atoms with Crippen molar-refractivity contribution in [1.82, 2.24) is 5.43 Å². The van der Waals surface area contributed by atoms with Crippen molar-refractivity contribution in [2.45, 2.75) is 10.5 Å². The summed E-state index contributed by atoms with van der Waals surface area (Å²) < 4.78 is 0. The van der Waals surface area contributed by atoms with E-state index in [2.05, 4.69) is 99.2 Å². The van der Waals surface area contributed by atoms with E-state index in [1.165, 1.54) is 0 Å². The monoisotopic (exact) mass is 483 g/mol. The van der Waals surface area contributed by atoms with Crippen LogP contribution in [0.1, 0.15) is 37.6 Å². The Balaban J connectivity index is 1.87. The third-order valence-electron chi connectivity index (χ3n) is 6.03. The lowest BCUT2D eigenvalue weighted by molar-refractivity contribution is 0.112. The number of hydrazine groups is 1. The molecule has 3 N–H and O–H groups in total. The summed E-state index contributed by atoms with van der Waals surface area (Å²) in [6.45, 7) is 0. The van der Waals surface area contributed by atoms with Gasteiger partial charge in [0.25, 0.3) is 0 Å². The lowest BCUT2D eigenvalue weighted by Gasteiger charge is -2.45. The quantitative estimate of drug-likeness (QED) is 0.124. The maximum Gasteiger partial charge on any atom is 0.152 e. The van der Waals surface area contributed by atoms with Gasteiger partial charge in [-0.15, -0.1) is 0 Å². The number of fused-ring (bicyclic) bond motifs is 1. The average Bonchev–Trinajstić information content (AvgIpc) is 3.16. The summed E-state index contributed by atoms with van der Waals surface area (Å²) >= 11 is 3.77. The van der Waals surface area contributed by atoms with Gasteiger partial charge < -0.3 is 5.73 Å². The molecule has 0 aromatic heterocycles. The van der Waals surface area contributed by atoms with Crippen molar-refractivity contribution < 1.29 is 4.79 Å². The van der Waals surface area contributed by atoms with Crippen LogP contribution >= 0.6 is 15.9 Å². The number of rotatable bonds is 5. The molecule has 1 atom stereocenters. The van der Waals surface area contributed by atoms with E-state index in [0.717, 1.165) is 34.2 Å². The number of nitrogens with one attached hydrogen (secondary N) is 1. The first-order valence-corrected chi connectivity index (χ1v) is 11.3. The summed E-state index contributed by atoms with van der Waals surface area (Å²) in [4.78, 5) is 11.4. The molecule has 158 valence electrons. The number of hydrogen-bond acceptors (Lipinski definition) is 4. The highest BCUT2D eigenvalue weighted by molar-refractivity contribution is 9.09. The number of nitrogens with two attached hydrogens (primary N) is 1. The zero-order chi connectivity index (χ0) is 22.1. The Morgan fingerprint density at radius 2 is 1.28 bits per heavy atom. The maximum absolute atomic E-state index is 11.5. The van der Waals surface area contributed by atoms with E-state index in [0.29, 0.717) is 11.3 Å². The summed E-state index contributed by atoms with van der Waals surface area (Å²) in [6, 6.07) is 35.0. The zero-order valence-electron chi connectivity index (χ0n) is 17.3. The van der Waals surface area contributed by atoms with Crippen molar-refractivity contribution in [2.24, 2.45) is 0 Å². The molecule has 4 aromatic carbocycles. The van der Waals surface area contributed by atoms with Gasteiger partial charge in [-0.1, -0.05) is 107 Å². The Labute approximate surface area is 195 Å². The fourth-order valence-electron chi connectivity index (χ4n) is 4.59. The van der Waals surface area contributed by atoms with Crippen LogP contribution in [0.2, 0.25) is 0 Å². The first kappa shape index (κ1) is 20.5. The standard InChI is InChI=1S/C27H22BrN3O/c28-26-23-16-19(18-32)24(29)17-25(23)31(30-26)27(20-10-4-1-5-11-20,21-12-6-2-7-13-21)22-14-8-3-9-15-22/h1-18,26,30H,29H2. The number of alkyl halides is 1. The summed E-state index contributed by atoms with van der Waals surface area (Å²) in [6.07, 6.45) is 0.802. The first-order chi connectivity index (χ1) is 15.7. The molecule has 0 aliphatic carbocycles. The SMILES string of the molecule is Nc1cc2c(cc1C=O)C(Br)NN2C(c1ccccc1)(c1ccccc1)c1ccccc1. The number of aldehydes is 1. The van der Waals surface area contributed by atoms with Gasteiger partial charge in [-0.2, -0.15) is 0 Å². The topological polar surface area (TPSA) is 58.4 Å². The van der Waals surface area contributed by atoms with Crippen LogP contribution in [0.4, 0.5) is 11.4 Å². The van der Waals surface area contributed by atoms with Crippen LogP contribution in [0.3, 0.4) is 0 Å². The van der Waals surface area contributed by atoms with Gasteiger partial charge in [-0.05, 0) is 28.8 Å². The second kappa shape index (κ2) is 8.26. The van der Waals surface area contributed by atoms with E-state index in [4.69, 9.17) is 5.73 Å². The van der Waals surface area contributed by atoms with E-state index in [9.17, 15) is 4.79 Å². The highest BCUT2D eigenvalue weighted by Crippen LogP contribution is 2.50. The number of benzene rings is 4. The highest BCUT2D eigenvalue weighted by atomic mass is 79.9. The summed E-state index contributed by atoms with van der Waals surface area (Å²) in [5.74, 6) is 0. The van der Waals surface area contributed by atoms with Crippen molar-refractivity contribution in [3.05, 3.63) is 131 Å². The van der Waals surface area contributed by atoms with Gasteiger partial charge in [-0.3, -0.25) is 9.80 Å². The minimum absolute atomic E-state index is 0.174. The maximum atomic E-state index is 11.5. The van der Waals surface area contributed by atoms with Crippen LogP contribution in [-0.2, 0) is 5.54 Å². The van der Waals surface area contributed by atoms with Crippen LogP contribution in [0, 0.1) is 0 Å². The summed E-state index contributed by atoms with van der Waals surface area (Å²) in [7, 11) is 0. The molecule has 5 rings (SSSR count). The van der Waals surface area contributed by atoms with Gasteiger partial charge in [0.05, 0.1) is 5.69 Å². The smallest absolute Gasteiger partial charge is 0.152 e. The largest absolute Gasteiger partial charge is 0.398 e. The molecule has 0 bridgehead atoms. The molecule has 4 aromatic rings. The van der Waals surface area contributed by atoms with Crippen LogP contribution in [0.5, 0.6) is 0 Å². The Hall–Kier alpha value is -3.41. The van der Waals surface area contributed by atoms with Crippen LogP contribution < -0.4 is 16.2 Å². The number of carbonyl (C=O) groups is 1. The zero-order valence-corrected chi connectivity index (χ0v) is 18.9. The van der Waals surface area contributed by atoms with E-state index in [1.54, 1.807) is 0 Å². The molecule has 1 unspecified atom stereocenters. The Morgan fingerprint density at radius 3 is 1.72 bits per heavy atom. The van der Waals surface area contributed by atoms with Gasteiger partial charge in [0, 0.05) is 16.8 Å². The van der Waals surface area contributed by atoms with Crippen molar-refractivity contribution >= 4 is 33.6 Å². The number of hydrogen-bond donors (Lipinski definition) is 2. The van der Waals surface area contributed by atoms with Crippen LogP contribution in [0.15, 0.2) is 103 Å². The van der Waals surface area contributed by atoms with Gasteiger partial charge >= 0.3 is 0 Å². The molecular formula is C27H22BrN3O. The third kappa shape index (κ3) is 3.13. The van der Waals surface area contributed by atoms with Gasteiger partial charge in [0.15, 0.2) is 6.29 Å². The van der Waals surface area contributed by atoms with E-state index >= 15 is 0 Å². The molecule has 4 nitrogen and oxygen atoms in total. The van der Waals surface area contributed by atoms with Crippen molar-refractivity contribution in [2.75, 3.05) is 10.7 Å². The molecule has 5 heteroatoms. The number of nitrogen functional groups attached to an aromatic ring is 1. The summed E-state index contributed by atoms with van der Waals surface area (Å²) in [5.41, 5.74) is 15.3. The number of anilines is 2. The Bertz CT molecular complexity index is 1150. The molecule has 1 heterocycles. The molecule has 0 saturated carbocycles. The van der Waals surface area contributed by atoms with Crippen molar-refractivity contribution in [3.8, 4) is 0 Å². The Morgan fingerprint density at radius 1 is 0.812 bits per heavy atom. The molecule has 0 spiro atoms. The Kier molecular flexibility index (Phi) is 5.29. The fraction of sp³-hybridized carbons (Fsp3) is 0.0741. The second-order valence-electron chi connectivity index (χ2n) is 7.79. The molecule has 0 saturated heterocycles. The molecule has 1 aliphatic heterocycles. The molecule has 32 heavy (non-hydrogen) atoms. The predicted octanol–water partition coefficient (Wildman–Crippen LogP) is 5.79. The lowest BCUT2D eigenvalue weighted by Crippen LogP contribution is -2.53.